The number of benzene rings is 2. The van der Waals surface area contributed by atoms with Crippen molar-refractivity contribution in [2.24, 2.45) is 0 Å². The van der Waals surface area contributed by atoms with Crippen LogP contribution < -0.4 is 14.4 Å². The van der Waals surface area contributed by atoms with Crippen molar-refractivity contribution in [1.29, 1.82) is 0 Å². The van der Waals surface area contributed by atoms with E-state index < -0.39 is 17.7 Å². The summed E-state index contributed by atoms with van der Waals surface area (Å²) >= 11 is 1.38. The van der Waals surface area contributed by atoms with Crippen LogP contribution in [0.25, 0.3) is 16.8 Å². The average molecular weight is 461 g/mol. The Balaban J connectivity index is 1.70. The van der Waals surface area contributed by atoms with Crippen LogP contribution in [0.4, 0.5) is 5.95 Å². The van der Waals surface area contributed by atoms with Crippen molar-refractivity contribution in [1.82, 2.24) is 9.97 Å². The number of anilines is 1. The molecule has 1 fully saturated rings. The van der Waals surface area contributed by atoms with Crippen molar-refractivity contribution in [2.45, 2.75) is 6.04 Å². The van der Waals surface area contributed by atoms with Gasteiger partial charge in [0.25, 0.3) is 5.78 Å². The van der Waals surface area contributed by atoms with E-state index in [1.165, 1.54) is 30.5 Å². The molecule has 33 heavy (non-hydrogen) atoms. The lowest BCUT2D eigenvalue weighted by atomic mass is 9.99. The van der Waals surface area contributed by atoms with Crippen LogP contribution >= 0.6 is 11.3 Å². The molecular formula is C24H19N3O5S. The summed E-state index contributed by atoms with van der Waals surface area (Å²) in [4.78, 5) is 36.1. The van der Waals surface area contributed by atoms with E-state index in [-0.39, 0.29) is 17.3 Å². The lowest BCUT2D eigenvalue weighted by molar-refractivity contribution is -0.132. The average Bonchev–Trinajstić information content (AvgIpc) is 3.56. The van der Waals surface area contributed by atoms with Gasteiger partial charge < -0.3 is 19.6 Å². The maximum atomic E-state index is 13.2. The number of aromatic nitrogens is 2. The third kappa shape index (κ3) is 3.33. The number of fused-ring (bicyclic) bond motifs is 1. The van der Waals surface area contributed by atoms with E-state index in [2.05, 4.69) is 9.97 Å². The summed E-state index contributed by atoms with van der Waals surface area (Å²) in [5.74, 6) is -0.752. The summed E-state index contributed by atoms with van der Waals surface area (Å²) < 4.78 is 10.6. The number of carbonyl (C=O) groups is 2. The quantitative estimate of drug-likeness (QED) is 0.261. The Kier molecular flexibility index (Phi) is 5.10. The lowest BCUT2D eigenvalue weighted by Gasteiger charge is -2.21. The first-order valence-corrected chi connectivity index (χ1v) is 10.9. The first-order valence-electron chi connectivity index (χ1n) is 10.0. The number of ketones is 1. The van der Waals surface area contributed by atoms with Crippen molar-refractivity contribution in [3.8, 4) is 11.5 Å². The third-order valence-electron chi connectivity index (χ3n) is 5.52. The van der Waals surface area contributed by atoms with Crippen LogP contribution in [0.2, 0.25) is 0 Å². The molecule has 0 saturated carbocycles. The van der Waals surface area contributed by atoms with Gasteiger partial charge in [0.05, 0.1) is 30.8 Å². The van der Waals surface area contributed by atoms with Crippen LogP contribution in [0, 0.1) is 0 Å². The van der Waals surface area contributed by atoms with Crippen LogP contribution in [0.3, 0.4) is 0 Å². The number of aromatic amines is 1. The largest absolute Gasteiger partial charge is 0.507 e. The summed E-state index contributed by atoms with van der Waals surface area (Å²) in [6.07, 6.45) is 0. The molecular weight excluding hydrogens is 442 g/mol. The Bertz CT molecular complexity index is 1370. The van der Waals surface area contributed by atoms with Gasteiger partial charge in [-0.2, -0.15) is 0 Å². The van der Waals surface area contributed by atoms with E-state index >= 15 is 0 Å². The van der Waals surface area contributed by atoms with Gasteiger partial charge in [0.2, 0.25) is 5.95 Å². The maximum Gasteiger partial charge on any atom is 0.302 e. The van der Waals surface area contributed by atoms with Crippen molar-refractivity contribution in [2.75, 3.05) is 19.1 Å². The first kappa shape index (κ1) is 20.8. The minimum atomic E-state index is -0.835. The van der Waals surface area contributed by atoms with E-state index in [0.29, 0.717) is 22.6 Å². The van der Waals surface area contributed by atoms with Crippen molar-refractivity contribution >= 4 is 45.8 Å². The van der Waals surface area contributed by atoms with Gasteiger partial charge in [-0.3, -0.25) is 14.5 Å². The molecule has 1 atom stereocenters. The number of rotatable bonds is 5. The number of carbonyl (C=O) groups excluding carboxylic acids is 2. The zero-order valence-electron chi connectivity index (χ0n) is 17.7. The SMILES string of the molecule is COc1ccc(/C(O)=C2\C(=O)C(=O)N(c3nc4ccccc4[nH]3)C2c2cccs2)cc1OC. The van der Waals surface area contributed by atoms with Crippen LogP contribution in [0.15, 0.2) is 65.6 Å². The molecule has 5 rings (SSSR count). The Hall–Kier alpha value is -4.11. The van der Waals surface area contributed by atoms with Gasteiger partial charge in [0.15, 0.2) is 11.5 Å². The number of aliphatic hydroxyl groups is 1. The van der Waals surface area contributed by atoms with Gasteiger partial charge in [0, 0.05) is 10.4 Å². The van der Waals surface area contributed by atoms with Gasteiger partial charge >= 0.3 is 5.91 Å². The number of ether oxygens (including phenoxy) is 2. The van der Waals surface area contributed by atoms with Crippen molar-refractivity contribution in [3.63, 3.8) is 0 Å². The Labute approximate surface area is 192 Å². The minimum absolute atomic E-state index is 0.0184. The highest BCUT2D eigenvalue weighted by molar-refractivity contribution is 7.10. The van der Waals surface area contributed by atoms with E-state index in [0.717, 1.165) is 10.4 Å². The monoisotopic (exact) mass is 461 g/mol. The number of Topliss-reactive ketones (excluding diaryl/α,β-unsaturated/α-hetero) is 1. The van der Waals surface area contributed by atoms with Gasteiger partial charge in [-0.15, -0.1) is 11.3 Å². The molecule has 0 spiro atoms. The number of nitrogens with one attached hydrogen (secondary N) is 1. The standard InChI is InChI=1S/C24H19N3O5S/c1-31-16-10-9-13(12-17(16)32-2)21(28)19-20(18-8-5-11-33-18)27(23(30)22(19)29)24-25-14-6-3-4-7-15(14)26-24/h3-12,20,28H,1-2H3,(H,25,26)/b21-19+. The molecule has 9 heteroatoms. The summed E-state index contributed by atoms with van der Waals surface area (Å²) in [7, 11) is 2.99. The van der Waals surface area contributed by atoms with E-state index in [4.69, 9.17) is 9.47 Å². The molecule has 1 aliphatic rings. The molecule has 1 unspecified atom stereocenters. The number of methoxy groups -OCH3 is 2. The number of imidazole rings is 1. The number of thiophene rings is 1. The highest BCUT2D eigenvalue weighted by atomic mass is 32.1. The lowest BCUT2D eigenvalue weighted by Crippen LogP contribution is -2.30. The summed E-state index contributed by atoms with van der Waals surface area (Å²) in [5.41, 5.74) is 1.71. The predicted octanol–water partition coefficient (Wildman–Crippen LogP) is 4.27. The summed E-state index contributed by atoms with van der Waals surface area (Å²) in [6.45, 7) is 0. The normalized spacial score (nSPS) is 17.6. The third-order valence-corrected chi connectivity index (χ3v) is 6.44. The van der Waals surface area contributed by atoms with E-state index in [1.54, 1.807) is 18.2 Å². The Morgan fingerprint density at radius 2 is 1.85 bits per heavy atom. The second-order valence-electron chi connectivity index (χ2n) is 7.33. The minimum Gasteiger partial charge on any atom is -0.507 e. The number of nitrogens with zero attached hydrogens (tertiary/aromatic N) is 2. The second kappa shape index (κ2) is 8.10. The number of hydrogen-bond donors (Lipinski definition) is 2. The molecule has 1 saturated heterocycles. The Morgan fingerprint density at radius 1 is 1.06 bits per heavy atom. The zero-order chi connectivity index (χ0) is 23.1. The van der Waals surface area contributed by atoms with Gasteiger partial charge in [0.1, 0.15) is 11.8 Å². The maximum absolute atomic E-state index is 13.2. The number of H-pyrrole nitrogens is 1. The molecule has 8 nitrogen and oxygen atoms in total. The number of amides is 1. The highest BCUT2D eigenvalue weighted by Gasteiger charge is 2.48. The molecule has 2 aromatic heterocycles. The number of para-hydroxylation sites is 2. The molecule has 4 aromatic rings. The van der Waals surface area contributed by atoms with Crippen molar-refractivity contribution in [3.05, 3.63) is 76.0 Å². The number of aliphatic hydroxyl groups excluding tert-OH is 1. The van der Waals surface area contributed by atoms with Crippen molar-refractivity contribution < 1.29 is 24.2 Å². The van der Waals surface area contributed by atoms with Crippen LogP contribution in [-0.4, -0.2) is 41.0 Å². The van der Waals surface area contributed by atoms with Gasteiger partial charge in [-0.05, 0) is 41.8 Å². The molecule has 1 amide bonds. The summed E-state index contributed by atoms with van der Waals surface area (Å²) in [5, 5.41) is 13.1. The summed E-state index contributed by atoms with van der Waals surface area (Å²) in [6, 6.07) is 15.0. The highest BCUT2D eigenvalue weighted by Crippen LogP contribution is 2.43. The fourth-order valence-corrected chi connectivity index (χ4v) is 4.78. The van der Waals surface area contributed by atoms with Gasteiger partial charge in [-0.1, -0.05) is 18.2 Å². The fraction of sp³-hybridized carbons (Fsp3) is 0.125. The number of hydrogen-bond acceptors (Lipinski definition) is 7. The molecule has 0 aliphatic carbocycles. The smallest absolute Gasteiger partial charge is 0.302 e. The topological polar surface area (TPSA) is 105 Å². The van der Waals surface area contributed by atoms with E-state index in [9.17, 15) is 14.7 Å². The molecule has 2 N–H and O–H groups in total. The molecule has 166 valence electrons. The molecule has 1 aliphatic heterocycles. The van der Waals surface area contributed by atoms with Crippen LogP contribution in [0.5, 0.6) is 11.5 Å². The van der Waals surface area contributed by atoms with E-state index in [1.807, 2.05) is 41.8 Å². The second-order valence-corrected chi connectivity index (χ2v) is 8.31. The first-order chi connectivity index (χ1) is 16.0. The van der Waals surface area contributed by atoms with Crippen LogP contribution in [0.1, 0.15) is 16.5 Å². The Morgan fingerprint density at radius 3 is 2.55 bits per heavy atom. The van der Waals surface area contributed by atoms with Gasteiger partial charge in [-0.25, -0.2) is 4.98 Å². The molecule has 3 heterocycles. The van der Waals surface area contributed by atoms with Crippen LogP contribution in [-0.2, 0) is 9.59 Å². The molecule has 0 radical (unpaired) electrons. The zero-order valence-corrected chi connectivity index (χ0v) is 18.6. The fourth-order valence-electron chi connectivity index (χ4n) is 3.96. The predicted molar refractivity (Wildman–Crippen MR) is 125 cm³/mol. The molecule has 0 bridgehead atoms. The molecule has 2 aromatic carbocycles.